The van der Waals surface area contributed by atoms with Gasteiger partial charge < -0.3 is 20.7 Å². The van der Waals surface area contributed by atoms with E-state index in [1.165, 1.54) is 0 Å². The van der Waals surface area contributed by atoms with E-state index in [4.69, 9.17) is 4.74 Å². The summed E-state index contributed by atoms with van der Waals surface area (Å²) in [6.45, 7) is 8.56. The molecule has 0 fully saturated rings. The third-order valence-electron chi connectivity index (χ3n) is 3.35. The van der Waals surface area contributed by atoms with Crippen LogP contribution in [0.5, 0.6) is 0 Å². The van der Waals surface area contributed by atoms with Gasteiger partial charge in [0.05, 0.1) is 6.61 Å². The minimum absolute atomic E-state index is 0.696. The van der Waals surface area contributed by atoms with E-state index in [2.05, 4.69) is 46.9 Å². The zero-order chi connectivity index (χ0) is 16.8. The van der Waals surface area contributed by atoms with Crippen LogP contribution < -0.4 is 16.0 Å². The Balaban J connectivity index is 1.99. The second kappa shape index (κ2) is 12.8. The van der Waals surface area contributed by atoms with Crippen molar-refractivity contribution in [1.82, 2.24) is 10.6 Å². The highest BCUT2D eigenvalue weighted by Gasteiger charge is 1.98. The summed E-state index contributed by atoms with van der Waals surface area (Å²) in [7, 11) is 1.79. The van der Waals surface area contributed by atoms with Gasteiger partial charge in [-0.3, -0.25) is 4.99 Å². The summed E-state index contributed by atoms with van der Waals surface area (Å²) < 4.78 is 5.58. The molecule has 0 saturated carbocycles. The molecule has 0 saturated heterocycles. The predicted molar refractivity (Wildman–Crippen MR) is 99.2 cm³/mol. The van der Waals surface area contributed by atoms with Gasteiger partial charge in [0.2, 0.25) is 0 Å². The van der Waals surface area contributed by atoms with E-state index >= 15 is 0 Å². The Bertz CT molecular complexity index is 420. The zero-order valence-electron chi connectivity index (χ0n) is 14.8. The van der Waals surface area contributed by atoms with Gasteiger partial charge in [0.1, 0.15) is 0 Å². The maximum Gasteiger partial charge on any atom is 0.191 e. The number of rotatable bonds is 11. The molecule has 0 aliphatic heterocycles. The van der Waals surface area contributed by atoms with Crippen LogP contribution in [-0.2, 0) is 4.74 Å². The van der Waals surface area contributed by atoms with Crippen molar-refractivity contribution in [3.05, 3.63) is 30.3 Å². The fourth-order valence-corrected chi connectivity index (χ4v) is 1.97. The normalized spacial score (nSPS) is 11.6. The van der Waals surface area contributed by atoms with Crippen molar-refractivity contribution >= 4 is 11.6 Å². The number of nitrogens with zero attached hydrogens (tertiary/aromatic N) is 1. The second-order valence-corrected chi connectivity index (χ2v) is 5.87. The quantitative estimate of drug-likeness (QED) is 0.333. The van der Waals surface area contributed by atoms with Crippen LogP contribution in [0.2, 0.25) is 0 Å². The number of ether oxygens (including phenoxy) is 1. The first-order chi connectivity index (χ1) is 11.2. The minimum atomic E-state index is 0.696. The number of hydrogen-bond acceptors (Lipinski definition) is 3. The first-order valence-electron chi connectivity index (χ1n) is 8.53. The highest BCUT2D eigenvalue weighted by molar-refractivity contribution is 5.79. The van der Waals surface area contributed by atoms with Gasteiger partial charge in [0.25, 0.3) is 0 Å². The van der Waals surface area contributed by atoms with Crippen LogP contribution in [-0.4, -0.2) is 45.9 Å². The van der Waals surface area contributed by atoms with Crippen LogP contribution in [0.15, 0.2) is 35.3 Å². The van der Waals surface area contributed by atoms with Crippen molar-refractivity contribution < 1.29 is 4.74 Å². The van der Waals surface area contributed by atoms with E-state index < -0.39 is 0 Å². The lowest BCUT2D eigenvalue weighted by atomic mass is 10.1. The Morgan fingerprint density at radius 2 is 1.78 bits per heavy atom. The number of aliphatic imine (C=N–C) groups is 1. The van der Waals surface area contributed by atoms with E-state index in [1.807, 2.05) is 18.2 Å². The van der Waals surface area contributed by atoms with Gasteiger partial charge in [-0.1, -0.05) is 32.0 Å². The number of para-hydroxylation sites is 1. The van der Waals surface area contributed by atoms with Crippen molar-refractivity contribution in [2.75, 3.05) is 45.2 Å². The standard InChI is InChI=1S/C18H32N4O/c1-16(2)10-14-23-15-13-22-18(19-3)21-12-7-11-20-17-8-5-4-6-9-17/h4-6,8-9,16,20H,7,10-15H2,1-3H3,(H2,19,21,22). The molecule has 0 heterocycles. The first kappa shape index (κ1) is 19.3. The Kier molecular flexibility index (Phi) is 10.7. The lowest BCUT2D eigenvalue weighted by molar-refractivity contribution is 0.128. The van der Waals surface area contributed by atoms with Crippen LogP contribution in [0.4, 0.5) is 5.69 Å². The van der Waals surface area contributed by atoms with Crippen molar-refractivity contribution in [2.45, 2.75) is 26.7 Å². The van der Waals surface area contributed by atoms with Crippen LogP contribution in [0.3, 0.4) is 0 Å². The van der Waals surface area contributed by atoms with E-state index in [0.717, 1.165) is 50.7 Å². The molecule has 1 aromatic rings. The molecule has 0 amide bonds. The molecule has 5 nitrogen and oxygen atoms in total. The second-order valence-electron chi connectivity index (χ2n) is 5.87. The van der Waals surface area contributed by atoms with Gasteiger partial charge in [-0.15, -0.1) is 0 Å². The van der Waals surface area contributed by atoms with E-state index in [1.54, 1.807) is 7.05 Å². The molecule has 1 rings (SSSR count). The summed E-state index contributed by atoms with van der Waals surface area (Å²) in [5.41, 5.74) is 1.16. The Labute approximate surface area is 140 Å². The molecule has 130 valence electrons. The third-order valence-corrected chi connectivity index (χ3v) is 3.35. The number of anilines is 1. The topological polar surface area (TPSA) is 57.7 Å². The predicted octanol–water partition coefficient (Wildman–Crippen LogP) is 2.72. The Hall–Kier alpha value is -1.75. The fourth-order valence-electron chi connectivity index (χ4n) is 1.97. The number of benzene rings is 1. The summed E-state index contributed by atoms with van der Waals surface area (Å²) in [4.78, 5) is 4.21. The average molecular weight is 320 g/mol. The van der Waals surface area contributed by atoms with E-state index in [9.17, 15) is 0 Å². The van der Waals surface area contributed by atoms with Crippen LogP contribution in [0, 0.1) is 5.92 Å². The molecule has 0 bridgehead atoms. The molecule has 23 heavy (non-hydrogen) atoms. The van der Waals surface area contributed by atoms with Crippen molar-refractivity contribution in [3.8, 4) is 0 Å². The maximum atomic E-state index is 5.58. The fraction of sp³-hybridized carbons (Fsp3) is 0.611. The van der Waals surface area contributed by atoms with Crippen LogP contribution >= 0.6 is 0 Å². The summed E-state index contributed by atoms with van der Waals surface area (Å²) in [5.74, 6) is 1.53. The number of hydrogen-bond donors (Lipinski definition) is 3. The lowest BCUT2D eigenvalue weighted by Gasteiger charge is -2.13. The highest BCUT2D eigenvalue weighted by atomic mass is 16.5. The summed E-state index contributed by atoms with van der Waals surface area (Å²) in [5, 5.41) is 9.96. The molecule has 1 aromatic carbocycles. The van der Waals surface area contributed by atoms with E-state index in [-0.39, 0.29) is 0 Å². The molecular weight excluding hydrogens is 288 g/mol. The number of guanidine groups is 1. The van der Waals surface area contributed by atoms with Gasteiger partial charge in [-0.05, 0) is 30.9 Å². The molecule has 5 heteroatoms. The van der Waals surface area contributed by atoms with Crippen molar-refractivity contribution in [2.24, 2.45) is 10.9 Å². The molecule has 0 unspecified atom stereocenters. The van der Waals surface area contributed by atoms with Gasteiger partial charge in [-0.25, -0.2) is 0 Å². The van der Waals surface area contributed by atoms with Gasteiger partial charge in [0.15, 0.2) is 5.96 Å². The minimum Gasteiger partial charge on any atom is -0.385 e. The number of nitrogens with one attached hydrogen (secondary N) is 3. The molecule has 0 aliphatic carbocycles. The molecule has 0 aromatic heterocycles. The van der Waals surface area contributed by atoms with Gasteiger partial charge >= 0.3 is 0 Å². The summed E-state index contributed by atoms with van der Waals surface area (Å²) in [6, 6.07) is 10.3. The largest absolute Gasteiger partial charge is 0.385 e. The van der Waals surface area contributed by atoms with E-state index in [0.29, 0.717) is 12.5 Å². The zero-order valence-corrected chi connectivity index (χ0v) is 14.8. The lowest BCUT2D eigenvalue weighted by Crippen LogP contribution is -2.39. The molecule has 3 N–H and O–H groups in total. The molecule has 0 radical (unpaired) electrons. The van der Waals surface area contributed by atoms with Crippen LogP contribution in [0.1, 0.15) is 26.7 Å². The van der Waals surface area contributed by atoms with Crippen molar-refractivity contribution in [3.63, 3.8) is 0 Å². The maximum absolute atomic E-state index is 5.58. The molecule has 0 aliphatic rings. The summed E-state index contributed by atoms with van der Waals surface area (Å²) >= 11 is 0. The monoisotopic (exact) mass is 320 g/mol. The molecule has 0 spiro atoms. The first-order valence-corrected chi connectivity index (χ1v) is 8.53. The van der Waals surface area contributed by atoms with Crippen LogP contribution in [0.25, 0.3) is 0 Å². The average Bonchev–Trinajstić information content (AvgIpc) is 2.56. The Morgan fingerprint density at radius 1 is 1.04 bits per heavy atom. The SMILES string of the molecule is CN=C(NCCCNc1ccccc1)NCCOCCC(C)C. The third kappa shape index (κ3) is 10.6. The summed E-state index contributed by atoms with van der Waals surface area (Å²) in [6.07, 6.45) is 2.14. The van der Waals surface area contributed by atoms with Gasteiger partial charge in [0, 0.05) is 39.0 Å². The Morgan fingerprint density at radius 3 is 2.48 bits per heavy atom. The van der Waals surface area contributed by atoms with Gasteiger partial charge in [-0.2, -0.15) is 0 Å². The smallest absolute Gasteiger partial charge is 0.191 e. The van der Waals surface area contributed by atoms with Crippen molar-refractivity contribution in [1.29, 1.82) is 0 Å². The molecule has 0 atom stereocenters. The highest BCUT2D eigenvalue weighted by Crippen LogP contribution is 2.04. The molecular formula is C18H32N4O.